The Hall–Kier alpha value is -2.89. The molecule has 0 aromatic carbocycles. The predicted octanol–water partition coefficient (Wildman–Crippen LogP) is 20.8. The number of ether oxygens (including phenoxy) is 3. The van der Waals surface area contributed by atoms with E-state index in [9.17, 15) is 14.4 Å². The molecular formula is C65H116O6. The number of hydrogen-bond donors (Lipinski definition) is 0. The lowest BCUT2D eigenvalue weighted by atomic mass is 10.0. The average Bonchev–Trinajstić information content (AvgIpc) is 3.37. The second-order valence-electron chi connectivity index (χ2n) is 20.6. The van der Waals surface area contributed by atoms with Crippen molar-refractivity contribution in [3.05, 3.63) is 60.8 Å². The van der Waals surface area contributed by atoms with Gasteiger partial charge in [0.15, 0.2) is 6.10 Å². The molecule has 0 spiro atoms. The largest absolute Gasteiger partial charge is 0.462 e. The van der Waals surface area contributed by atoms with Crippen LogP contribution in [0.15, 0.2) is 60.8 Å². The van der Waals surface area contributed by atoms with Gasteiger partial charge in [-0.1, -0.05) is 248 Å². The molecule has 1 atom stereocenters. The van der Waals surface area contributed by atoms with Gasteiger partial charge in [-0.3, -0.25) is 14.4 Å². The summed E-state index contributed by atoms with van der Waals surface area (Å²) in [6.45, 7) is 6.61. The third-order valence-corrected chi connectivity index (χ3v) is 13.5. The maximum Gasteiger partial charge on any atom is 0.306 e. The molecule has 0 rings (SSSR count). The Morgan fingerprint density at radius 2 is 0.507 bits per heavy atom. The SMILES string of the molecule is CCCCCC/C=C\CCCCCCCC(=O)OCC(COC(=O)CCCCCCCCCCCCCC/C=C\C/C=C\C/C=C\CCCCCCC)OC(=O)CCCCCCC/C=C\CCCCCC. The van der Waals surface area contributed by atoms with E-state index in [0.29, 0.717) is 19.3 Å². The molecule has 0 saturated carbocycles. The first kappa shape index (κ1) is 68.1. The Morgan fingerprint density at radius 3 is 0.817 bits per heavy atom. The smallest absolute Gasteiger partial charge is 0.306 e. The molecule has 0 fully saturated rings. The summed E-state index contributed by atoms with van der Waals surface area (Å²) in [5.41, 5.74) is 0. The van der Waals surface area contributed by atoms with Crippen LogP contribution in [0.2, 0.25) is 0 Å². The van der Waals surface area contributed by atoms with E-state index in [2.05, 4.69) is 81.5 Å². The zero-order valence-corrected chi connectivity index (χ0v) is 47.2. The highest BCUT2D eigenvalue weighted by Crippen LogP contribution is 2.16. The summed E-state index contributed by atoms with van der Waals surface area (Å²) in [7, 11) is 0. The van der Waals surface area contributed by atoms with Crippen molar-refractivity contribution in [3.8, 4) is 0 Å². The summed E-state index contributed by atoms with van der Waals surface area (Å²) in [4.78, 5) is 38.2. The van der Waals surface area contributed by atoms with E-state index in [4.69, 9.17) is 14.2 Å². The molecular weight excluding hydrogens is 877 g/mol. The maximum atomic E-state index is 12.8. The van der Waals surface area contributed by atoms with Gasteiger partial charge in [0.2, 0.25) is 0 Å². The molecule has 0 saturated heterocycles. The Kier molecular flexibility index (Phi) is 57.2. The number of hydrogen-bond acceptors (Lipinski definition) is 6. The summed E-state index contributed by atoms with van der Waals surface area (Å²) in [5, 5.41) is 0. The van der Waals surface area contributed by atoms with Crippen molar-refractivity contribution in [1.29, 1.82) is 0 Å². The van der Waals surface area contributed by atoms with E-state index in [1.54, 1.807) is 0 Å². The summed E-state index contributed by atoms with van der Waals surface area (Å²) < 4.78 is 16.9. The molecule has 412 valence electrons. The van der Waals surface area contributed by atoms with Gasteiger partial charge in [-0.15, -0.1) is 0 Å². The third kappa shape index (κ3) is 57.9. The molecule has 0 N–H and O–H groups in total. The van der Waals surface area contributed by atoms with Crippen LogP contribution in [-0.4, -0.2) is 37.2 Å². The summed E-state index contributed by atoms with van der Waals surface area (Å²) in [5.74, 6) is -0.887. The number of carbonyl (C=O) groups is 3. The number of esters is 3. The Bertz CT molecular complexity index is 1280. The zero-order chi connectivity index (χ0) is 51.4. The van der Waals surface area contributed by atoms with E-state index < -0.39 is 6.10 Å². The molecule has 71 heavy (non-hydrogen) atoms. The van der Waals surface area contributed by atoms with Crippen molar-refractivity contribution in [2.45, 2.75) is 322 Å². The van der Waals surface area contributed by atoms with Crippen LogP contribution < -0.4 is 0 Å². The van der Waals surface area contributed by atoms with Gasteiger partial charge in [0.25, 0.3) is 0 Å². The summed E-state index contributed by atoms with van der Waals surface area (Å²) in [6.07, 6.45) is 75.1. The molecule has 0 aliphatic carbocycles. The fourth-order valence-electron chi connectivity index (χ4n) is 8.79. The number of rotatable bonds is 56. The molecule has 0 aliphatic heterocycles. The van der Waals surface area contributed by atoms with Gasteiger partial charge in [0.05, 0.1) is 0 Å². The van der Waals surface area contributed by atoms with Crippen molar-refractivity contribution in [3.63, 3.8) is 0 Å². The minimum atomic E-state index is -0.781. The highest BCUT2D eigenvalue weighted by molar-refractivity contribution is 5.71. The van der Waals surface area contributed by atoms with Crippen molar-refractivity contribution in [2.24, 2.45) is 0 Å². The van der Waals surface area contributed by atoms with Gasteiger partial charge in [0.1, 0.15) is 13.2 Å². The van der Waals surface area contributed by atoms with Crippen molar-refractivity contribution >= 4 is 17.9 Å². The molecule has 1 unspecified atom stereocenters. The Morgan fingerprint density at radius 1 is 0.282 bits per heavy atom. The van der Waals surface area contributed by atoms with Crippen LogP contribution in [0, 0.1) is 0 Å². The fraction of sp³-hybridized carbons (Fsp3) is 0.800. The average molecular weight is 994 g/mol. The second-order valence-corrected chi connectivity index (χ2v) is 20.6. The minimum absolute atomic E-state index is 0.0795. The van der Waals surface area contributed by atoms with E-state index in [-0.39, 0.29) is 31.1 Å². The van der Waals surface area contributed by atoms with Gasteiger partial charge in [-0.2, -0.15) is 0 Å². The second kappa shape index (κ2) is 59.7. The third-order valence-electron chi connectivity index (χ3n) is 13.5. The van der Waals surface area contributed by atoms with E-state index in [0.717, 1.165) is 89.9 Å². The highest BCUT2D eigenvalue weighted by Gasteiger charge is 2.19. The monoisotopic (exact) mass is 993 g/mol. The van der Waals surface area contributed by atoms with Crippen LogP contribution in [-0.2, 0) is 28.6 Å². The fourth-order valence-corrected chi connectivity index (χ4v) is 8.79. The van der Waals surface area contributed by atoms with Gasteiger partial charge in [0, 0.05) is 19.3 Å². The van der Waals surface area contributed by atoms with Gasteiger partial charge < -0.3 is 14.2 Å². The lowest BCUT2D eigenvalue weighted by Crippen LogP contribution is -2.30. The summed E-state index contributed by atoms with van der Waals surface area (Å²) in [6, 6.07) is 0. The van der Waals surface area contributed by atoms with E-state index in [1.165, 1.54) is 186 Å². The normalized spacial score (nSPS) is 12.4. The van der Waals surface area contributed by atoms with Crippen LogP contribution in [0.4, 0.5) is 0 Å². The topological polar surface area (TPSA) is 78.9 Å². The van der Waals surface area contributed by atoms with Gasteiger partial charge >= 0.3 is 17.9 Å². The molecule has 6 heteroatoms. The maximum absolute atomic E-state index is 12.8. The molecule has 0 bridgehead atoms. The molecule has 0 aromatic rings. The lowest BCUT2D eigenvalue weighted by molar-refractivity contribution is -0.167. The van der Waals surface area contributed by atoms with Crippen molar-refractivity contribution in [1.82, 2.24) is 0 Å². The predicted molar refractivity (Wildman–Crippen MR) is 307 cm³/mol. The first-order valence-corrected chi connectivity index (χ1v) is 30.8. The molecule has 0 aliphatic rings. The first-order chi connectivity index (χ1) is 35.0. The minimum Gasteiger partial charge on any atom is -0.462 e. The lowest BCUT2D eigenvalue weighted by Gasteiger charge is -2.18. The van der Waals surface area contributed by atoms with E-state index >= 15 is 0 Å². The molecule has 0 radical (unpaired) electrons. The van der Waals surface area contributed by atoms with Crippen molar-refractivity contribution in [2.75, 3.05) is 13.2 Å². The summed E-state index contributed by atoms with van der Waals surface area (Å²) >= 11 is 0. The van der Waals surface area contributed by atoms with Crippen LogP contribution >= 0.6 is 0 Å². The number of allylic oxidation sites excluding steroid dienone is 10. The van der Waals surface area contributed by atoms with Crippen LogP contribution in [0.1, 0.15) is 316 Å². The number of unbranched alkanes of at least 4 members (excludes halogenated alkanes) is 35. The highest BCUT2D eigenvalue weighted by atomic mass is 16.6. The zero-order valence-electron chi connectivity index (χ0n) is 47.2. The Balaban J connectivity index is 4.23. The Labute approximate surface area is 440 Å². The first-order valence-electron chi connectivity index (χ1n) is 30.8. The molecule has 0 aromatic heterocycles. The van der Waals surface area contributed by atoms with Crippen LogP contribution in [0.25, 0.3) is 0 Å². The van der Waals surface area contributed by atoms with Crippen LogP contribution in [0.3, 0.4) is 0 Å². The van der Waals surface area contributed by atoms with Crippen LogP contribution in [0.5, 0.6) is 0 Å². The molecule has 0 heterocycles. The van der Waals surface area contributed by atoms with E-state index in [1.807, 2.05) is 0 Å². The molecule has 6 nitrogen and oxygen atoms in total. The number of carbonyl (C=O) groups excluding carboxylic acids is 3. The molecule has 0 amide bonds. The van der Waals surface area contributed by atoms with Crippen molar-refractivity contribution < 1.29 is 28.6 Å². The standard InChI is InChI=1S/C65H116O6/c1-4-7-10-13-16-19-22-25-26-27-28-29-30-31-32-33-34-35-36-37-38-41-43-46-49-52-55-58-64(67)70-61-62(71-65(68)59-56-53-50-47-44-40-24-21-18-15-12-9-6-3)60-69-63(66)57-54-51-48-45-42-39-23-20-17-14-11-8-5-2/h20-25,27-28,30-31,62H,4-19,26,29,32-61H2,1-3H3/b23-20-,24-21-,25-22-,28-27-,31-30-. The quantitative estimate of drug-likeness (QED) is 0.0261. The van der Waals surface area contributed by atoms with Gasteiger partial charge in [-0.05, 0) is 109 Å². The van der Waals surface area contributed by atoms with Gasteiger partial charge in [-0.25, -0.2) is 0 Å².